The summed E-state index contributed by atoms with van der Waals surface area (Å²) in [6, 6.07) is 1.89. The molecular weight excluding hydrogens is 318 g/mol. The molecule has 24 heavy (non-hydrogen) atoms. The summed E-state index contributed by atoms with van der Waals surface area (Å²) in [6.07, 6.45) is 0.617. The van der Waals surface area contributed by atoms with Crippen molar-refractivity contribution >= 4 is 17.7 Å². The minimum Gasteiger partial charge on any atom is -0.868 e. The molecule has 1 aliphatic rings. The highest BCUT2D eigenvalue weighted by Crippen LogP contribution is 2.34. The molecule has 1 saturated heterocycles. The number of hydrogen-bond donors (Lipinski definition) is 2. The summed E-state index contributed by atoms with van der Waals surface area (Å²) >= 11 is 0. The molecule has 9 heteroatoms. The Morgan fingerprint density at radius 3 is 2.79 bits per heavy atom. The number of rotatable bonds is 5. The molecule has 0 spiro atoms. The van der Waals surface area contributed by atoms with Gasteiger partial charge in [-0.25, -0.2) is 4.79 Å². The average molecular weight is 334 g/mol. The Labute approximate surface area is 137 Å². The van der Waals surface area contributed by atoms with Crippen molar-refractivity contribution in [2.24, 2.45) is 5.92 Å². The summed E-state index contributed by atoms with van der Waals surface area (Å²) in [5.41, 5.74) is -0.263. The molecule has 0 saturated carbocycles. The van der Waals surface area contributed by atoms with E-state index in [2.05, 4.69) is 17.2 Å². The topological polar surface area (TPSA) is 134 Å². The second kappa shape index (κ2) is 6.99. The van der Waals surface area contributed by atoms with Crippen LogP contribution in [0.15, 0.2) is 30.5 Å². The summed E-state index contributed by atoms with van der Waals surface area (Å²) in [4.78, 5) is 34.1. The van der Waals surface area contributed by atoms with E-state index in [1.807, 2.05) is 6.92 Å². The molecule has 128 valence electrons. The fraction of sp³-hybridized carbons (Fsp3) is 0.333. The third kappa shape index (κ3) is 3.45. The van der Waals surface area contributed by atoms with Crippen LogP contribution < -0.4 is 15.7 Å². The standard InChI is InChI=1S/C15H17N3O6/c1-3-6-24-14(20)12-8(2)16-15(21)17-13(12)9-4-5-11(19)10(7-9)18(22)23/h4-5,7,12-13,19H,2-3,6H2,1H3,(H2,16,17,21)/p-1/t12-,13+/m1/s1. The molecule has 1 aromatic carbocycles. The maximum atomic E-state index is 12.3. The summed E-state index contributed by atoms with van der Waals surface area (Å²) in [5.74, 6) is -2.34. The number of nitrogens with one attached hydrogen (secondary N) is 2. The van der Waals surface area contributed by atoms with Crippen molar-refractivity contribution < 1.29 is 24.4 Å². The highest BCUT2D eigenvalue weighted by Gasteiger charge is 2.39. The number of nitro groups is 1. The number of esters is 1. The maximum absolute atomic E-state index is 12.3. The van der Waals surface area contributed by atoms with Gasteiger partial charge in [0.2, 0.25) is 0 Å². The first kappa shape index (κ1) is 17.3. The van der Waals surface area contributed by atoms with E-state index in [-0.39, 0.29) is 17.9 Å². The van der Waals surface area contributed by atoms with E-state index in [0.29, 0.717) is 6.42 Å². The number of ether oxygens (including phenoxy) is 1. The molecule has 2 N–H and O–H groups in total. The summed E-state index contributed by atoms with van der Waals surface area (Å²) in [6.45, 7) is 5.69. The highest BCUT2D eigenvalue weighted by molar-refractivity contribution is 5.85. The molecular formula is C15H16N3O6-. The second-order valence-corrected chi connectivity index (χ2v) is 5.23. The van der Waals surface area contributed by atoms with Crippen LogP contribution in [0.1, 0.15) is 24.9 Å². The first-order chi connectivity index (χ1) is 11.3. The zero-order valence-corrected chi connectivity index (χ0v) is 12.9. The van der Waals surface area contributed by atoms with Crippen LogP contribution in [0.5, 0.6) is 5.75 Å². The van der Waals surface area contributed by atoms with Gasteiger partial charge in [0.25, 0.3) is 5.69 Å². The molecule has 2 amide bonds. The number of carbonyl (C=O) groups excluding carboxylic acids is 2. The molecule has 2 atom stereocenters. The van der Waals surface area contributed by atoms with E-state index in [4.69, 9.17) is 4.74 Å². The number of nitrogens with zero attached hydrogens (tertiary/aromatic N) is 1. The molecule has 9 nitrogen and oxygen atoms in total. The lowest BCUT2D eigenvalue weighted by Crippen LogP contribution is -2.51. The molecule has 0 aliphatic carbocycles. The third-order valence-electron chi connectivity index (χ3n) is 3.51. The Morgan fingerprint density at radius 2 is 2.17 bits per heavy atom. The molecule has 1 heterocycles. The van der Waals surface area contributed by atoms with Gasteiger partial charge in [0.05, 0.1) is 17.6 Å². The van der Waals surface area contributed by atoms with E-state index in [1.165, 1.54) is 6.07 Å². The molecule has 2 rings (SSSR count). The first-order valence-corrected chi connectivity index (χ1v) is 7.23. The van der Waals surface area contributed by atoms with Crippen molar-refractivity contribution in [3.63, 3.8) is 0 Å². The largest absolute Gasteiger partial charge is 0.868 e. The van der Waals surface area contributed by atoms with Crippen LogP contribution in [0.25, 0.3) is 0 Å². The van der Waals surface area contributed by atoms with Crippen LogP contribution in [-0.4, -0.2) is 23.5 Å². The zero-order valence-electron chi connectivity index (χ0n) is 12.9. The van der Waals surface area contributed by atoms with Gasteiger partial charge in [-0.3, -0.25) is 14.9 Å². The lowest BCUT2D eigenvalue weighted by Gasteiger charge is -2.33. The molecule has 0 unspecified atom stereocenters. The van der Waals surface area contributed by atoms with Gasteiger partial charge < -0.3 is 20.5 Å². The zero-order chi connectivity index (χ0) is 17.9. The fourth-order valence-electron chi connectivity index (χ4n) is 2.40. The first-order valence-electron chi connectivity index (χ1n) is 7.23. The molecule has 0 aromatic heterocycles. The molecule has 0 bridgehead atoms. The van der Waals surface area contributed by atoms with E-state index in [0.717, 1.165) is 12.1 Å². The van der Waals surface area contributed by atoms with Gasteiger partial charge in [0.15, 0.2) is 0 Å². The number of hydrogen-bond acceptors (Lipinski definition) is 6. The minimum atomic E-state index is -0.966. The van der Waals surface area contributed by atoms with Crippen molar-refractivity contribution in [2.45, 2.75) is 19.4 Å². The monoisotopic (exact) mass is 334 g/mol. The number of urea groups is 1. The van der Waals surface area contributed by atoms with Crippen LogP contribution in [0.3, 0.4) is 0 Å². The van der Waals surface area contributed by atoms with Gasteiger partial charge >= 0.3 is 12.0 Å². The van der Waals surface area contributed by atoms with Crippen LogP contribution in [0.2, 0.25) is 0 Å². The van der Waals surface area contributed by atoms with Crippen LogP contribution in [-0.2, 0) is 9.53 Å². The van der Waals surface area contributed by atoms with Crippen LogP contribution >= 0.6 is 0 Å². The summed E-state index contributed by atoms with van der Waals surface area (Å²) in [7, 11) is 0. The fourth-order valence-corrected chi connectivity index (χ4v) is 2.40. The normalized spacial score (nSPS) is 20.0. The molecule has 0 radical (unpaired) electrons. The maximum Gasteiger partial charge on any atom is 0.319 e. The number of benzene rings is 1. The van der Waals surface area contributed by atoms with Crippen molar-refractivity contribution in [1.82, 2.24) is 10.6 Å². The van der Waals surface area contributed by atoms with Gasteiger partial charge in [-0.2, -0.15) is 0 Å². The lowest BCUT2D eigenvalue weighted by molar-refractivity contribution is -0.398. The van der Waals surface area contributed by atoms with Gasteiger partial charge in [0, 0.05) is 11.8 Å². The third-order valence-corrected chi connectivity index (χ3v) is 3.51. The van der Waals surface area contributed by atoms with E-state index < -0.39 is 40.3 Å². The molecule has 1 fully saturated rings. The smallest absolute Gasteiger partial charge is 0.319 e. The quantitative estimate of drug-likeness (QED) is 0.470. The van der Waals surface area contributed by atoms with Gasteiger partial charge in [-0.15, -0.1) is 0 Å². The van der Waals surface area contributed by atoms with Crippen molar-refractivity contribution in [3.8, 4) is 5.75 Å². The summed E-state index contributed by atoms with van der Waals surface area (Å²) < 4.78 is 5.10. The van der Waals surface area contributed by atoms with Crippen molar-refractivity contribution in [3.05, 3.63) is 46.2 Å². The number of carbonyl (C=O) groups is 2. The van der Waals surface area contributed by atoms with Crippen molar-refractivity contribution in [1.29, 1.82) is 0 Å². The van der Waals surface area contributed by atoms with Gasteiger partial charge in [0.1, 0.15) is 5.92 Å². The number of amides is 2. The van der Waals surface area contributed by atoms with Crippen molar-refractivity contribution in [2.75, 3.05) is 6.61 Å². The van der Waals surface area contributed by atoms with Gasteiger partial charge in [-0.1, -0.05) is 25.6 Å². The minimum absolute atomic E-state index is 0.124. The molecule has 1 aromatic rings. The van der Waals surface area contributed by atoms with Gasteiger partial charge in [-0.05, 0) is 17.7 Å². The van der Waals surface area contributed by atoms with Crippen LogP contribution in [0, 0.1) is 16.0 Å². The average Bonchev–Trinajstić information content (AvgIpc) is 2.52. The molecule has 1 aliphatic heterocycles. The predicted molar refractivity (Wildman–Crippen MR) is 80.8 cm³/mol. The lowest BCUT2D eigenvalue weighted by atomic mass is 9.88. The number of nitro benzene ring substituents is 1. The Bertz CT molecular complexity index is 702. The SMILES string of the molecule is C=C1NC(=O)N[C@@H](c2ccc([O-])c([N+](=O)[O-])c2)[C@@H]1C(=O)OCCC. The Hall–Kier alpha value is -3.10. The Kier molecular flexibility index (Phi) is 5.02. The Morgan fingerprint density at radius 1 is 1.46 bits per heavy atom. The predicted octanol–water partition coefficient (Wildman–Crippen LogP) is 1.11. The summed E-state index contributed by atoms with van der Waals surface area (Å²) in [5, 5.41) is 27.4. The van der Waals surface area contributed by atoms with Crippen LogP contribution in [0.4, 0.5) is 10.5 Å². The highest BCUT2D eigenvalue weighted by atomic mass is 16.6. The van der Waals surface area contributed by atoms with E-state index >= 15 is 0 Å². The van der Waals surface area contributed by atoms with E-state index in [9.17, 15) is 24.8 Å². The van der Waals surface area contributed by atoms with E-state index in [1.54, 1.807) is 0 Å². The second-order valence-electron chi connectivity index (χ2n) is 5.23. The Balaban J connectivity index is 2.41.